The van der Waals surface area contributed by atoms with Crippen LogP contribution in [0.1, 0.15) is 30.4 Å². The van der Waals surface area contributed by atoms with Gasteiger partial charge in [-0.2, -0.15) is 0 Å². The number of thioether (sulfide) groups is 1. The normalized spacial score (nSPS) is 17.8. The Morgan fingerprint density at radius 2 is 1.81 bits per heavy atom. The Morgan fingerprint density at radius 3 is 2.53 bits per heavy atom. The third-order valence-corrected chi connectivity index (χ3v) is 6.57. The van der Waals surface area contributed by atoms with Crippen LogP contribution in [0.4, 0.5) is 4.79 Å². The molecule has 2 fully saturated rings. The van der Waals surface area contributed by atoms with Gasteiger partial charge in [0, 0.05) is 13.1 Å². The maximum absolute atomic E-state index is 12.7. The standard InChI is InChI=1S/C24H23ClN2O4S/c25-19-13-18(9-10-20(19)31-16-17-7-3-1-4-8-17)14-21-23(29)27(24(30)32-21)15-22(28)26-11-5-2-6-12-26/h1,3-4,7-10,13-14H,2,5-6,11-12,15-16H2/b21-14-. The van der Waals surface area contributed by atoms with Gasteiger partial charge in [-0.25, -0.2) is 0 Å². The van der Waals surface area contributed by atoms with Crippen molar-refractivity contribution in [2.45, 2.75) is 25.9 Å². The summed E-state index contributed by atoms with van der Waals surface area (Å²) in [7, 11) is 0. The molecule has 0 N–H and O–H groups in total. The van der Waals surface area contributed by atoms with E-state index in [9.17, 15) is 14.4 Å². The van der Waals surface area contributed by atoms with Crippen molar-refractivity contribution in [3.05, 3.63) is 69.6 Å². The molecular weight excluding hydrogens is 448 g/mol. The molecule has 0 radical (unpaired) electrons. The maximum atomic E-state index is 12.7. The Bertz CT molecular complexity index is 1050. The summed E-state index contributed by atoms with van der Waals surface area (Å²) in [6, 6.07) is 15.0. The molecule has 3 amide bonds. The monoisotopic (exact) mass is 470 g/mol. The fraction of sp³-hybridized carbons (Fsp3) is 0.292. The van der Waals surface area contributed by atoms with Crippen LogP contribution in [0.15, 0.2) is 53.4 Å². The van der Waals surface area contributed by atoms with Gasteiger partial charge in [0.15, 0.2) is 0 Å². The van der Waals surface area contributed by atoms with Gasteiger partial charge in [0.05, 0.1) is 9.93 Å². The predicted octanol–water partition coefficient (Wildman–Crippen LogP) is 4.97. The van der Waals surface area contributed by atoms with Gasteiger partial charge in [-0.1, -0.05) is 48.0 Å². The second-order valence-electron chi connectivity index (χ2n) is 7.67. The van der Waals surface area contributed by atoms with E-state index in [1.54, 1.807) is 29.2 Å². The second-order valence-corrected chi connectivity index (χ2v) is 9.07. The topological polar surface area (TPSA) is 66.9 Å². The van der Waals surface area contributed by atoms with Gasteiger partial charge in [-0.05, 0) is 60.4 Å². The minimum atomic E-state index is -0.453. The molecule has 4 rings (SSSR count). The number of carbonyl (C=O) groups is 3. The molecule has 2 heterocycles. The Kier molecular flexibility index (Phi) is 7.17. The van der Waals surface area contributed by atoms with E-state index in [-0.39, 0.29) is 17.4 Å². The first-order chi connectivity index (χ1) is 15.5. The van der Waals surface area contributed by atoms with E-state index in [2.05, 4.69) is 0 Å². The summed E-state index contributed by atoms with van der Waals surface area (Å²) in [6.45, 7) is 1.54. The Morgan fingerprint density at radius 1 is 1.06 bits per heavy atom. The van der Waals surface area contributed by atoms with Crippen molar-refractivity contribution < 1.29 is 19.1 Å². The number of imide groups is 1. The van der Waals surface area contributed by atoms with Crippen molar-refractivity contribution in [1.29, 1.82) is 0 Å². The van der Waals surface area contributed by atoms with Crippen molar-refractivity contribution in [3.8, 4) is 5.75 Å². The summed E-state index contributed by atoms with van der Waals surface area (Å²) in [5.74, 6) is -0.102. The van der Waals surface area contributed by atoms with Gasteiger partial charge in [-0.15, -0.1) is 0 Å². The van der Waals surface area contributed by atoms with Crippen LogP contribution >= 0.6 is 23.4 Å². The Balaban J connectivity index is 1.40. The fourth-order valence-corrected chi connectivity index (χ4v) is 4.71. The van der Waals surface area contributed by atoms with E-state index in [1.807, 2.05) is 30.3 Å². The SMILES string of the molecule is O=C(CN1C(=O)S/C(=C\c2ccc(OCc3ccccc3)c(Cl)c2)C1=O)N1CCCCC1. The first-order valence-electron chi connectivity index (χ1n) is 10.5. The maximum Gasteiger partial charge on any atom is 0.294 e. The number of halogens is 1. The van der Waals surface area contributed by atoms with Crippen LogP contribution < -0.4 is 4.74 Å². The van der Waals surface area contributed by atoms with Crippen LogP contribution in [-0.2, 0) is 16.2 Å². The highest BCUT2D eigenvalue weighted by Gasteiger charge is 2.37. The highest BCUT2D eigenvalue weighted by molar-refractivity contribution is 8.18. The van der Waals surface area contributed by atoms with Gasteiger partial charge in [0.2, 0.25) is 5.91 Å². The van der Waals surface area contributed by atoms with Crippen LogP contribution in [0, 0.1) is 0 Å². The predicted molar refractivity (Wildman–Crippen MR) is 125 cm³/mol. The molecule has 6 nitrogen and oxygen atoms in total. The molecular formula is C24H23ClN2O4S. The van der Waals surface area contributed by atoms with Gasteiger partial charge >= 0.3 is 0 Å². The van der Waals surface area contributed by atoms with Crippen molar-refractivity contribution in [1.82, 2.24) is 9.80 Å². The number of nitrogens with zero attached hydrogens (tertiary/aromatic N) is 2. The molecule has 2 aromatic rings. The lowest BCUT2D eigenvalue weighted by Gasteiger charge is -2.27. The molecule has 2 aliphatic rings. The minimum absolute atomic E-state index is 0.184. The third-order valence-electron chi connectivity index (χ3n) is 5.37. The summed E-state index contributed by atoms with van der Waals surface area (Å²) in [4.78, 5) is 40.6. The van der Waals surface area contributed by atoms with Crippen molar-refractivity contribution >= 4 is 46.5 Å². The number of hydrogen-bond acceptors (Lipinski definition) is 5. The summed E-state index contributed by atoms with van der Waals surface area (Å²) in [6.07, 6.45) is 4.63. The fourth-order valence-electron chi connectivity index (χ4n) is 3.63. The summed E-state index contributed by atoms with van der Waals surface area (Å²) < 4.78 is 5.78. The van der Waals surface area contributed by atoms with Crippen molar-refractivity contribution in [2.24, 2.45) is 0 Å². The lowest BCUT2D eigenvalue weighted by Crippen LogP contribution is -2.44. The molecule has 2 saturated heterocycles. The molecule has 0 saturated carbocycles. The smallest absolute Gasteiger partial charge is 0.294 e. The molecule has 166 valence electrons. The zero-order chi connectivity index (χ0) is 22.5. The van der Waals surface area contributed by atoms with E-state index in [0.29, 0.717) is 36.0 Å². The van der Waals surface area contributed by atoms with E-state index < -0.39 is 11.1 Å². The Labute approximate surface area is 196 Å². The lowest BCUT2D eigenvalue weighted by molar-refractivity contribution is -0.136. The summed E-state index contributed by atoms with van der Waals surface area (Å²) >= 11 is 7.19. The number of ether oxygens (including phenoxy) is 1. The molecule has 2 aromatic carbocycles. The number of rotatable bonds is 6. The summed E-state index contributed by atoms with van der Waals surface area (Å²) in [5.41, 5.74) is 1.70. The quantitative estimate of drug-likeness (QED) is 0.558. The number of hydrogen-bond donors (Lipinski definition) is 0. The van der Waals surface area contributed by atoms with Crippen LogP contribution in [0.5, 0.6) is 5.75 Å². The van der Waals surface area contributed by atoms with Crippen LogP contribution in [0.2, 0.25) is 5.02 Å². The number of carbonyl (C=O) groups excluding carboxylic acids is 3. The Hall–Kier alpha value is -2.77. The summed E-state index contributed by atoms with van der Waals surface area (Å²) in [5, 5.41) is -0.0188. The number of amides is 3. The third kappa shape index (κ3) is 5.34. The van der Waals surface area contributed by atoms with E-state index in [0.717, 1.165) is 41.5 Å². The van der Waals surface area contributed by atoms with Crippen molar-refractivity contribution in [3.63, 3.8) is 0 Å². The number of benzene rings is 2. The van der Waals surface area contributed by atoms with Gasteiger partial charge < -0.3 is 9.64 Å². The molecule has 0 unspecified atom stereocenters. The lowest BCUT2D eigenvalue weighted by atomic mass is 10.1. The van der Waals surface area contributed by atoms with E-state index in [1.165, 1.54) is 0 Å². The van der Waals surface area contributed by atoms with Crippen LogP contribution in [-0.4, -0.2) is 46.5 Å². The van der Waals surface area contributed by atoms with Gasteiger partial charge in [0.25, 0.3) is 11.1 Å². The molecule has 32 heavy (non-hydrogen) atoms. The molecule has 8 heteroatoms. The molecule has 2 aliphatic heterocycles. The van der Waals surface area contributed by atoms with Crippen LogP contribution in [0.25, 0.3) is 6.08 Å². The van der Waals surface area contributed by atoms with E-state index in [4.69, 9.17) is 16.3 Å². The second kappa shape index (κ2) is 10.2. The molecule has 0 atom stereocenters. The number of likely N-dealkylation sites (tertiary alicyclic amines) is 1. The van der Waals surface area contributed by atoms with Gasteiger partial charge in [0.1, 0.15) is 18.9 Å². The average molecular weight is 471 g/mol. The van der Waals surface area contributed by atoms with Gasteiger partial charge in [-0.3, -0.25) is 19.3 Å². The molecule has 0 aromatic heterocycles. The molecule has 0 spiro atoms. The zero-order valence-electron chi connectivity index (χ0n) is 17.5. The minimum Gasteiger partial charge on any atom is -0.487 e. The van der Waals surface area contributed by atoms with Crippen LogP contribution in [0.3, 0.4) is 0 Å². The highest BCUT2D eigenvalue weighted by atomic mass is 35.5. The number of piperidine rings is 1. The molecule has 0 aliphatic carbocycles. The average Bonchev–Trinajstić information content (AvgIpc) is 3.07. The first-order valence-corrected chi connectivity index (χ1v) is 11.7. The highest BCUT2D eigenvalue weighted by Crippen LogP contribution is 2.34. The van der Waals surface area contributed by atoms with E-state index >= 15 is 0 Å². The molecule has 0 bridgehead atoms. The largest absolute Gasteiger partial charge is 0.487 e. The zero-order valence-corrected chi connectivity index (χ0v) is 19.0. The first kappa shape index (κ1) is 22.4. The van der Waals surface area contributed by atoms with Crippen molar-refractivity contribution in [2.75, 3.05) is 19.6 Å².